The number of rotatable bonds is 6. The van der Waals surface area contributed by atoms with E-state index in [1.54, 1.807) is 48.4 Å². The van der Waals surface area contributed by atoms with E-state index in [0.29, 0.717) is 52.4 Å². The van der Waals surface area contributed by atoms with Crippen LogP contribution in [-0.2, 0) is 9.53 Å². The molecule has 4 rings (SSSR count). The van der Waals surface area contributed by atoms with Crippen molar-refractivity contribution < 1.29 is 28.2 Å². The highest BCUT2D eigenvalue weighted by Crippen LogP contribution is 2.32. The van der Waals surface area contributed by atoms with Crippen molar-refractivity contribution in [2.45, 2.75) is 26.1 Å². The average Bonchev–Trinajstić information content (AvgIpc) is 2.81. The van der Waals surface area contributed by atoms with Crippen molar-refractivity contribution in [1.29, 1.82) is 0 Å². The van der Waals surface area contributed by atoms with Crippen LogP contribution in [0.3, 0.4) is 0 Å². The molecule has 0 radical (unpaired) electrons. The quantitative estimate of drug-likeness (QED) is 0.565. The third kappa shape index (κ3) is 4.80. The Kier molecular flexibility index (Phi) is 6.55. The van der Waals surface area contributed by atoms with Gasteiger partial charge in [-0.15, -0.1) is 0 Å². The third-order valence-electron chi connectivity index (χ3n) is 5.58. The minimum atomic E-state index is -0.178. The van der Waals surface area contributed by atoms with Crippen molar-refractivity contribution in [3.63, 3.8) is 0 Å². The Morgan fingerprint density at radius 1 is 1.03 bits per heavy atom. The minimum absolute atomic E-state index is 0.00694. The largest absolute Gasteiger partial charge is 0.493 e. The van der Waals surface area contributed by atoms with E-state index in [2.05, 4.69) is 0 Å². The molecule has 2 heterocycles. The molecular weight excluding hydrogens is 426 g/mol. The molecule has 1 aliphatic heterocycles. The van der Waals surface area contributed by atoms with Crippen LogP contribution in [0.25, 0.3) is 22.1 Å². The van der Waals surface area contributed by atoms with Gasteiger partial charge in [-0.3, -0.25) is 9.59 Å². The lowest BCUT2D eigenvalue weighted by Crippen LogP contribution is -2.49. The number of carbonyl (C=O) groups is 1. The first-order valence-corrected chi connectivity index (χ1v) is 10.7. The molecule has 1 aliphatic rings. The molecule has 2 atom stereocenters. The molecule has 1 aromatic heterocycles. The summed E-state index contributed by atoms with van der Waals surface area (Å²) in [4.78, 5) is 27.4. The zero-order valence-electron chi connectivity index (χ0n) is 19.1. The smallest absolute Gasteiger partial charge is 0.260 e. The predicted molar refractivity (Wildman–Crippen MR) is 123 cm³/mol. The molecule has 0 unspecified atom stereocenters. The van der Waals surface area contributed by atoms with Gasteiger partial charge >= 0.3 is 0 Å². The molecule has 0 saturated carbocycles. The SMILES string of the molecule is COc1ccc(-c2coc3cc(OCC(=O)N4C[C@@H](C)O[C@@H](C)C4)ccc3c2=O)cc1OC. The zero-order chi connectivity index (χ0) is 23.5. The maximum Gasteiger partial charge on any atom is 0.260 e. The van der Waals surface area contributed by atoms with Gasteiger partial charge in [-0.1, -0.05) is 6.07 Å². The number of carbonyl (C=O) groups excluding carboxylic acids is 1. The number of ether oxygens (including phenoxy) is 4. The fraction of sp³-hybridized carbons (Fsp3) is 0.360. The number of nitrogens with zero attached hydrogens (tertiary/aromatic N) is 1. The number of benzene rings is 2. The lowest BCUT2D eigenvalue weighted by atomic mass is 10.0. The monoisotopic (exact) mass is 453 g/mol. The molecule has 1 saturated heterocycles. The van der Waals surface area contributed by atoms with Gasteiger partial charge in [-0.05, 0) is 43.7 Å². The first-order valence-electron chi connectivity index (χ1n) is 10.7. The van der Waals surface area contributed by atoms with Crippen molar-refractivity contribution in [3.05, 3.63) is 52.9 Å². The van der Waals surface area contributed by atoms with Crippen molar-refractivity contribution in [2.24, 2.45) is 0 Å². The van der Waals surface area contributed by atoms with Crippen LogP contribution in [0, 0.1) is 0 Å². The molecule has 2 aromatic carbocycles. The molecule has 1 fully saturated rings. The summed E-state index contributed by atoms with van der Waals surface area (Å²) in [6.45, 7) is 4.87. The second-order valence-electron chi connectivity index (χ2n) is 8.05. The standard InChI is InChI=1S/C25H27NO7/c1-15-11-26(12-16(2)33-15)24(27)14-31-18-6-7-19-22(10-18)32-13-20(25(19)28)17-5-8-21(29-3)23(9-17)30-4/h5-10,13,15-16H,11-12,14H2,1-4H3/t15-,16+. The third-order valence-corrected chi connectivity index (χ3v) is 5.58. The molecule has 0 N–H and O–H groups in total. The van der Waals surface area contributed by atoms with E-state index >= 15 is 0 Å². The molecule has 0 aliphatic carbocycles. The first-order chi connectivity index (χ1) is 15.9. The predicted octanol–water partition coefficient (Wildman–Crippen LogP) is 3.49. The zero-order valence-corrected chi connectivity index (χ0v) is 19.1. The molecule has 0 spiro atoms. The van der Waals surface area contributed by atoms with Gasteiger partial charge in [-0.25, -0.2) is 0 Å². The topological polar surface area (TPSA) is 87.4 Å². The van der Waals surface area contributed by atoms with Crippen LogP contribution in [0.4, 0.5) is 0 Å². The van der Waals surface area contributed by atoms with Crippen molar-refractivity contribution in [1.82, 2.24) is 4.90 Å². The van der Waals surface area contributed by atoms with Gasteiger partial charge in [0.05, 0.1) is 37.4 Å². The summed E-state index contributed by atoms with van der Waals surface area (Å²) in [6, 6.07) is 10.2. The van der Waals surface area contributed by atoms with Gasteiger partial charge in [0.2, 0.25) is 0 Å². The fourth-order valence-corrected chi connectivity index (χ4v) is 4.02. The van der Waals surface area contributed by atoms with Crippen molar-refractivity contribution >= 4 is 16.9 Å². The van der Waals surface area contributed by atoms with Crippen molar-refractivity contribution in [3.8, 4) is 28.4 Å². The van der Waals surface area contributed by atoms with Crippen LogP contribution in [-0.4, -0.2) is 56.9 Å². The Balaban J connectivity index is 1.52. The highest BCUT2D eigenvalue weighted by atomic mass is 16.5. The maximum atomic E-state index is 13.1. The summed E-state index contributed by atoms with van der Waals surface area (Å²) in [5.41, 5.74) is 1.26. The average molecular weight is 453 g/mol. The Labute approximate surface area is 191 Å². The molecule has 1 amide bonds. The van der Waals surface area contributed by atoms with E-state index in [-0.39, 0.29) is 30.2 Å². The highest BCUT2D eigenvalue weighted by molar-refractivity contribution is 5.83. The Morgan fingerprint density at radius 2 is 1.76 bits per heavy atom. The normalized spacial score (nSPS) is 18.2. The Bertz CT molecular complexity index is 1210. The van der Waals surface area contributed by atoms with E-state index in [1.807, 2.05) is 13.8 Å². The molecule has 174 valence electrons. The summed E-state index contributed by atoms with van der Waals surface area (Å²) in [5, 5.41) is 0.414. The van der Waals surface area contributed by atoms with Gasteiger partial charge in [0.15, 0.2) is 23.5 Å². The van der Waals surface area contributed by atoms with Crippen molar-refractivity contribution in [2.75, 3.05) is 33.9 Å². The van der Waals surface area contributed by atoms with Crippen LogP contribution in [0.5, 0.6) is 17.2 Å². The second kappa shape index (κ2) is 9.54. The Hall–Kier alpha value is -3.52. The van der Waals surface area contributed by atoms with E-state index in [9.17, 15) is 9.59 Å². The summed E-state index contributed by atoms with van der Waals surface area (Å²) in [5.74, 6) is 1.44. The molecule has 0 bridgehead atoms. The fourth-order valence-electron chi connectivity index (χ4n) is 4.02. The first kappa shape index (κ1) is 22.7. The summed E-state index contributed by atoms with van der Waals surface area (Å²) < 4.78 is 27.7. The van der Waals surface area contributed by atoms with E-state index in [1.165, 1.54) is 13.4 Å². The molecular formula is C25H27NO7. The van der Waals surface area contributed by atoms with Gasteiger partial charge < -0.3 is 28.3 Å². The number of amides is 1. The van der Waals surface area contributed by atoms with Crippen LogP contribution in [0.1, 0.15) is 13.8 Å². The van der Waals surface area contributed by atoms with Crippen LogP contribution >= 0.6 is 0 Å². The molecule has 8 nitrogen and oxygen atoms in total. The van der Waals surface area contributed by atoms with Gasteiger partial charge in [-0.2, -0.15) is 0 Å². The Morgan fingerprint density at radius 3 is 2.45 bits per heavy atom. The minimum Gasteiger partial charge on any atom is -0.493 e. The summed E-state index contributed by atoms with van der Waals surface area (Å²) in [7, 11) is 3.09. The van der Waals surface area contributed by atoms with Crippen LogP contribution in [0.2, 0.25) is 0 Å². The lowest BCUT2D eigenvalue weighted by molar-refractivity contribution is -0.145. The number of morpholine rings is 1. The number of fused-ring (bicyclic) bond motifs is 1. The number of methoxy groups -OCH3 is 2. The van der Waals surface area contributed by atoms with E-state index < -0.39 is 0 Å². The van der Waals surface area contributed by atoms with Gasteiger partial charge in [0.25, 0.3) is 5.91 Å². The second-order valence-corrected chi connectivity index (χ2v) is 8.05. The van der Waals surface area contributed by atoms with Crippen LogP contribution < -0.4 is 19.6 Å². The molecule has 33 heavy (non-hydrogen) atoms. The van der Waals surface area contributed by atoms with Gasteiger partial charge in [0.1, 0.15) is 17.6 Å². The number of hydrogen-bond acceptors (Lipinski definition) is 7. The van der Waals surface area contributed by atoms with Crippen LogP contribution in [0.15, 0.2) is 51.9 Å². The summed E-state index contributed by atoms with van der Waals surface area (Å²) in [6.07, 6.45) is 1.40. The summed E-state index contributed by atoms with van der Waals surface area (Å²) >= 11 is 0. The highest BCUT2D eigenvalue weighted by Gasteiger charge is 2.26. The molecule has 8 heteroatoms. The maximum absolute atomic E-state index is 13.1. The molecule has 3 aromatic rings. The number of hydrogen-bond donors (Lipinski definition) is 0. The van der Waals surface area contributed by atoms with E-state index in [0.717, 1.165) is 0 Å². The van der Waals surface area contributed by atoms with E-state index in [4.69, 9.17) is 23.4 Å². The lowest BCUT2D eigenvalue weighted by Gasteiger charge is -2.35. The van der Waals surface area contributed by atoms with Gasteiger partial charge in [0, 0.05) is 19.2 Å².